The molecular weight excluding hydrogens is 220 g/mol. The molecule has 1 aromatic rings. The molecule has 15 heavy (non-hydrogen) atoms. The van der Waals surface area contributed by atoms with E-state index in [1.807, 2.05) is 6.92 Å². The highest BCUT2D eigenvalue weighted by molar-refractivity contribution is 5.85. The predicted molar refractivity (Wildman–Crippen MR) is 60.2 cm³/mol. The molecule has 1 nitrogen and oxygen atoms in total. The van der Waals surface area contributed by atoms with Crippen molar-refractivity contribution in [3.05, 3.63) is 34.9 Å². The number of hydrogen-bond donors (Lipinski definition) is 1. The summed E-state index contributed by atoms with van der Waals surface area (Å²) >= 11 is 0. The Balaban J connectivity index is 0.00000196. The maximum Gasteiger partial charge on any atom is 0.163 e. The summed E-state index contributed by atoms with van der Waals surface area (Å²) in [4.78, 5) is 0. The first kappa shape index (κ1) is 14.3. The van der Waals surface area contributed by atoms with E-state index in [1.54, 1.807) is 12.1 Å². The number of benzene rings is 1. The topological polar surface area (TPSA) is 26.0 Å². The second kappa shape index (κ2) is 6.03. The Morgan fingerprint density at radius 1 is 1.27 bits per heavy atom. The maximum absolute atomic E-state index is 13.4. The van der Waals surface area contributed by atoms with Crippen LogP contribution in [0, 0.1) is 18.6 Å². The number of nitrogens with two attached hydrogens (primary N) is 1. The van der Waals surface area contributed by atoms with Gasteiger partial charge in [-0.2, -0.15) is 0 Å². The summed E-state index contributed by atoms with van der Waals surface area (Å²) in [6.07, 6.45) is 1.52. The van der Waals surface area contributed by atoms with Crippen LogP contribution in [0.4, 0.5) is 8.78 Å². The van der Waals surface area contributed by atoms with Crippen LogP contribution in [0.1, 0.15) is 36.9 Å². The van der Waals surface area contributed by atoms with E-state index >= 15 is 0 Å². The molecule has 4 heteroatoms. The van der Waals surface area contributed by atoms with E-state index in [0.717, 1.165) is 6.42 Å². The molecule has 1 atom stereocenters. The molecule has 1 aromatic carbocycles. The van der Waals surface area contributed by atoms with Gasteiger partial charge in [-0.05, 0) is 18.9 Å². The fourth-order valence-corrected chi connectivity index (χ4v) is 1.41. The smallest absolute Gasteiger partial charge is 0.163 e. The van der Waals surface area contributed by atoms with Gasteiger partial charge in [0.05, 0.1) is 0 Å². The van der Waals surface area contributed by atoms with Crippen molar-refractivity contribution in [2.75, 3.05) is 0 Å². The molecule has 2 N–H and O–H groups in total. The molecule has 0 amide bonds. The second-order valence-corrected chi connectivity index (χ2v) is 3.49. The summed E-state index contributed by atoms with van der Waals surface area (Å²) in [6, 6.07) is 2.72. The van der Waals surface area contributed by atoms with Gasteiger partial charge in [-0.25, -0.2) is 8.78 Å². The predicted octanol–water partition coefficient (Wildman–Crippen LogP) is 3.49. The Hall–Kier alpha value is -0.670. The summed E-state index contributed by atoms with van der Waals surface area (Å²) in [5, 5.41) is 0. The van der Waals surface area contributed by atoms with E-state index in [0.29, 0.717) is 12.0 Å². The van der Waals surface area contributed by atoms with Crippen LogP contribution in [0.5, 0.6) is 0 Å². The van der Waals surface area contributed by atoms with Gasteiger partial charge in [-0.15, -0.1) is 12.4 Å². The first-order chi connectivity index (χ1) is 6.57. The molecule has 0 radical (unpaired) electrons. The zero-order chi connectivity index (χ0) is 10.7. The summed E-state index contributed by atoms with van der Waals surface area (Å²) in [6.45, 7) is 3.50. The van der Waals surface area contributed by atoms with Crippen LogP contribution in [0.2, 0.25) is 0 Å². The van der Waals surface area contributed by atoms with E-state index < -0.39 is 17.7 Å². The summed E-state index contributed by atoms with van der Waals surface area (Å²) < 4.78 is 26.5. The van der Waals surface area contributed by atoms with E-state index in [1.165, 1.54) is 6.92 Å². The third-order valence-corrected chi connectivity index (χ3v) is 2.30. The molecule has 0 fully saturated rings. The molecule has 0 saturated heterocycles. The molecule has 0 heterocycles. The zero-order valence-corrected chi connectivity index (χ0v) is 9.70. The third-order valence-electron chi connectivity index (χ3n) is 2.30. The fourth-order valence-electron chi connectivity index (χ4n) is 1.41. The lowest BCUT2D eigenvalue weighted by Crippen LogP contribution is -2.13. The number of aryl methyl sites for hydroxylation is 1. The quantitative estimate of drug-likeness (QED) is 0.853. The molecule has 1 rings (SSSR count). The van der Waals surface area contributed by atoms with Crippen molar-refractivity contribution in [1.29, 1.82) is 0 Å². The average molecular weight is 236 g/mol. The Bertz CT molecular complexity index is 329. The van der Waals surface area contributed by atoms with Gasteiger partial charge < -0.3 is 5.73 Å². The standard InChI is InChI=1S/C11H15F2N.ClH/c1-3-4-9(14)8-6-5-7(2)10(12)11(8)13;/h5-6,9H,3-4,14H2,1-2H3;1H/t9-;/m1./s1. The van der Waals surface area contributed by atoms with Crippen LogP contribution < -0.4 is 5.73 Å². The highest BCUT2D eigenvalue weighted by Crippen LogP contribution is 2.22. The van der Waals surface area contributed by atoms with Gasteiger partial charge in [0, 0.05) is 11.6 Å². The summed E-state index contributed by atoms with van der Waals surface area (Å²) in [5.41, 5.74) is 6.31. The molecule has 86 valence electrons. The van der Waals surface area contributed by atoms with Crippen LogP contribution in [-0.2, 0) is 0 Å². The Morgan fingerprint density at radius 2 is 1.87 bits per heavy atom. The van der Waals surface area contributed by atoms with Gasteiger partial charge in [-0.1, -0.05) is 25.5 Å². The highest BCUT2D eigenvalue weighted by atomic mass is 35.5. The van der Waals surface area contributed by atoms with E-state index in [2.05, 4.69) is 0 Å². The van der Waals surface area contributed by atoms with Crippen molar-refractivity contribution in [3.63, 3.8) is 0 Å². The molecule has 0 saturated carbocycles. The van der Waals surface area contributed by atoms with Gasteiger partial charge in [-0.3, -0.25) is 0 Å². The van der Waals surface area contributed by atoms with Crippen molar-refractivity contribution in [2.24, 2.45) is 5.73 Å². The molecule has 0 aliphatic rings. The van der Waals surface area contributed by atoms with Gasteiger partial charge in [0.15, 0.2) is 11.6 Å². The Morgan fingerprint density at radius 3 is 2.40 bits per heavy atom. The van der Waals surface area contributed by atoms with Gasteiger partial charge >= 0.3 is 0 Å². The van der Waals surface area contributed by atoms with Crippen LogP contribution >= 0.6 is 12.4 Å². The van der Waals surface area contributed by atoms with Crippen LogP contribution in [0.3, 0.4) is 0 Å². The first-order valence-electron chi connectivity index (χ1n) is 4.78. The lowest BCUT2D eigenvalue weighted by atomic mass is 10.0. The van der Waals surface area contributed by atoms with E-state index in [-0.39, 0.29) is 18.0 Å². The van der Waals surface area contributed by atoms with E-state index in [4.69, 9.17) is 5.73 Å². The van der Waals surface area contributed by atoms with Crippen LogP contribution in [0.25, 0.3) is 0 Å². The van der Waals surface area contributed by atoms with Crippen molar-refractivity contribution in [3.8, 4) is 0 Å². The highest BCUT2D eigenvalue weighted by Gasteiger charge is 2.15. The van der Waals surface area contributed by atoms with E-state index in [9.17, 15) is 8.78 Å². The van der Waals surface area contributed by atoms with Gasteiger partial charge in [0.2, 0.25) is 0 Å². The SMILES string of the molecule is CCC[C@@H](N)c1ccc(C)c(F)c1F.Cl. The summed E-state index contributed by atoms with van der Waals surface area (Å²) in [7, 11) is 0. The molecule has 0 aliphatic carbocycles. The van der Waals surface area contributed by atoms with Crippen molar-refractivity contribution >= 4 is 12.4 Å². The van der Waals surface area contributed by atoms with Gasteiger partial charge in [0.1, 0.15) is 0 Å². The monoisotopic (exact) mass is 235 g/mol. The zero-order valence-electron chi connectivity index (χ0n) is 8.89. The number of rotatable bonds is 3. The third kappa shape index (κ3) is 3.14. The normalized spacial score (nSPS) is 12.1. The minimum atomic E-state index is -0.800. The lowest BCUT2D eigenvalue weighted by Gasteiger charge is -2.12. The first-order valence-corrected chi connectivity index (χ1v) is 4.78. The minimum Gasteiger partial charge on any atom is -0.324 e. The number of hydrogen-bond acceptors (Lipinski definition) is 1. The molecule has 0 aliphatic heterocycles. The summed E-state index contributed by atoms with van der Waals surface area (Å²) in [5.74, 6) is -1.58. The fraction of sp³-hybridized carbons (Fsp3) is 0.455. The maximum atomic E-state index is 13.4. The molecule has 0 unspecified atom stereocenters. The Kier molecular flexibility index (Phi) is 5.76. The van der Waals surface area contributed by atoms with Crippen LogP contribution in [-0.4, -0.2) is 0 Å². The van der Waals surface area contributed by atoms with Crippen molar-refractivity contribution in [2.45, 2.75) is 32.7 Å². The number of halogens is 3. The molecule has 0 spiro atoms. The molecule has 0 aromatic heterocycles. The second-order valence-electron chi connectivity index (χ2n) is 3.49. The van der Waals surface area contributed by atoms with Gasteiger partial charge in [0.25, 0.3) is 0 Å². The van der Waals surface area contributed by atoms with Crippen LogP contribution in [0.15, 0.2) is 12.1 Å². The van der Waals surface area contributed by atoms with Crippen molar-refractivity contribution in [1.82, 2.24) is 0 Å². The average Bonchev–Trinajstić information content (AvgIpc) is 2.15. The Labute approximate surface area is 95.1 Å². The molecule has 0 bridgehead atoms. The largest absolute Gasteiger partial charge is 0.324 e. The molecular formula is C11H16ClF2N. The lowest BCUT2D eigenvalue weighted by molar-refractivity contribution is 0.478. The van der Waals surface area contributed by atoms with Crippen molar-refractivity contribution < 1.29 is 8.78 Å². The minimum absolute atomic E-state index is 0.